The molecule has 3 aromatic carbocycles. The second-order valence-electron chi connectivity index (χ2n) is 8.47. The van der Waals surface area contributed by atoms with Crippen molar-refractivity contribution in [1.29, 1.82) is 0 Å². The lowest BCUT2D eigenvalue weighted by atomic mass is 9.89. The van der Waals surface area contributed by atoms with Gasteiger partial charge in [-0.25, -0.2) is 13.6 Å². The molecule has 0 aliphatic carbocycles. The third kappa shape index (κ3) is 3.89. The molecule has 2 N–H and O–H groups in total. The van der Waals surface area contributed by atoms with Crippen LogP contribution in [0.1, 0.15) is 34.8 Å². The number of hydrogen-bond donors (Lipinski definition) is 2. The normalized spacial score (nSPS) is 14.4. The maximum Gasteiger partial charge on any atom is 0.339 e. The van der Waals surface area contributed by atoms with E-state index in [-0.39, 0.29) is 23.0 Å². The Balaban J connectivity index is 1.91. The second-order valence-corrected chi connectivity index (χ2v) is 8.47. The van der Waals surface area contributed by atoms with E-state index in [2.05, 4.69) is 0 Å². The fourth-order valence-corrected chi connectivity index (χ4v) is 4.91. The van der Waals surface area contributed by atoms with Crippen molar-refractivity contribution in [2.24, 2.45) is 0 Å². The Labute approximate surface area is 200 Å². The Hall–Kier alpha value is -3.91. The predicted octanol–water partition coefficient (Wildman–Crippen LogP) is 5.88. The fraction of sp³-hybridized carbons (Fsp3) is 0.222. The van der Waals surface area contributed by atoms with Gasteiger partial charge >= 0.3 is 5.97 Å². The van der Waals surface area contributed by atoms with Gasteiger partial charge in [0.05, 0.1) is 12.6 Å². The van der Waals surface area contributed by atoms with Crippen molar-refractivity contribution in [3.05, 3.63) is 77.5 Å². The molecule has 6 nitrogen and oxygen atoms in total. The summed E-state index contributed by atoms with van der Waals surface area (Å²) >= 11 is 0. The molecule has 2 heterocycles. The number of carboxylic acid groups (broad SMARTS) is 1. The molecular formula is C27H23F2NO5. The van der Waals surface area contributed by atoms with E-state index in [0.29, 0.717) is 53.8 Å². The minimum Gasteiger partial charge on any atom is -0.506 e. The van der Waals surface area contributed by atoms with Gasteiger partial charge in [0.25, 0.3) is 0 Å². The summed E-state index contributed by atoms with van der Waals surface area (Å²) in [5.74, 6) is -2.62. The Kier molecular flexibility index (Phi) is 5.90. The molecule has 1 aliphatic rings. The predicted molar refractivity (Wildman–Crippen MR) is 127 cm³/mol. The molecule has 1 aliphatic heterocycles. The van der Waals surface area contributed by atoms with E-state index in [1.165, 1.54) is 31.4 Å². The summed E-state index contributed by atoms with van der Waals surface area (Å²) in [6.45, 7) is 1.04. The molecule has 5 rings (SSSR count). The van der Waals surface area contributed by atoms with E-state index in [0.717, 1.165) is 5.69 Å². The van der Waals surface area contributed by atoms with Crippen LogP contribution in [0.15, 0.2) is 54.6 Å². The van der Waals surface area contributed by atoms with Gasteiger partial charge in [-0.1, -0.05) is 12.1 Å². The molecule has 1 saturated heterocycles. The summed E-state index contributed by atoms with van der Waals surface area (Å²) in [5.41, 5.74) is 2.54. The minimum absolute atomic E-state index is 0.0379. The highest BCUT2D eigenvalue weighted by Crippen LogP contribution is 2.47. The number of fused-ring (bicyclic) bond motifs is 1. The first-order valence-corrected chi connectivity index (χ1v) is 11.2. The number of methoxy groups -OCH3 is 1. The first-order valence-electron chi connectivity index (χ1n) is 11.2. The van der Waals surface area contributed by atoms with Gasteiger partial charge in [-0.15, -0.1) is 0 Å². The first-order chi connectivity index (χ1) is 16.9. The van der Waals surface area contributed by atoms with E-state index in [1.54, 1.807) is 30.3 Å². The second kappa shape index (κ2) is 9.03. The number of halogens is 2. The third-order valence-corrected chi connectivity index (χ3v) is 6.50. The van der Waals surface area contributed by atoms with Crippen LogP contribution in [0.5, 0.6) is 11.5 Å². The van der Waals surface area contributed by atoms with Crippen molar-refractivity contribution >= 4 is 16.9 Å². The van der Waals surface area contributed by atoms with Gasteiger partial charge in [0.1, 0.15) is 17.1 Å². The fourth-order valence-electron chi connectivity index (χ4n) is 4.91. The molecule has 180 valence electrons. The number of hydrogen-bond acceptors (Lipinski definition) is 4. The van der Waals surface area contributed by atoms with Gasteiger partial charge in [0.2, 0.25) is 0 Å². The van der Waals surface area contributed by atoms with Crippen LogP contribution in [0, 0.1) is 11.6 Å². The summed E-state index contributed by atoms with van der Waals surface area (Å²) in [6, 6.07) is 13.3. The zero-order chi connectivity index (χ0) is 24.7. The number of carboxylic acids is 1. The lowest BCUT2D eigenvalue weighted by Gasteiger charge is -2.26. The summed E-state index contributed by atoms with van der Waals surface area (Å²) in [4.78, 5) is 11.7. The highest BCUT2D eigenvalue weighted by Gasteiger charge is 2.30. The average molecular weight is 479 g/mol. The lowest BCUT2D eigenvalue weighted by Crippen LogP contribution is -2.17. The van der Waals surface area contributed by atoms with Crippen molar-refractivity contribution in [3.63, 3.8) is 0 Å². The molecule has 0 radical (unpaired) electrons. The number of carbonyl (C=O) groups is 1. The highest BCUT2D eigenvalue weighted by atomic mass is 19.1. The summed E-state index contributed by atoms with van der Waals surface area (Å²) in [7, 11) is 1.37. The zero-order valence-corrected chi connectivity index (χ0v) is 18.9. The van der Waals surface area contributed by atoms with Crippen LogP contribution in [-0.4, -0.2) is 41.1 Å². The maximum atomic E-state index is 14.5. The highest BCUT2D eigenvalue weighted by molar-refractivity contribution is 6.03. The number of aromatic nitrogens is 1. The smallest absolute Gasteiger partial charge is 0.339 e. The number of aromatic carboxylic acids is 1. The summed E-state index contributed by atoms with van der Waals surface area (Å²) in [5, 5.41) is 21.2. The molecule has 0 spiro atoms. The van der Waals surface area contributed by atoms with Crippen molar-refractivity contribution in [3.8, 4) is 28.3 Å². The number of benzene rings is 3. The molecule has 4 aromatic rings. The molecular weight excluding hydrogens is 456 g/mol. The molecule has 1 aromatic heterocycles. The van der Waals surface area contributed by atoms with Crippen LogP contribution < -0.4 is 4.74 Å². The van der Waals surface area contributed by atoms with Gasteiger partial charge in [0.15, 0.2) is 11.6 Å². The van der Waals surface area contributed by atoms with E-state index >= 15 is 0 Å². The van der Waals surface area contributed by atoms with Crippen LogP contribution in [0.3, 0.4) is 0 Å². The van der Waals surface area contributed by atoms with Gasteiger partial charge in [0, 0.05) is 53.1 Å². The number of ether oxygens (including phenoxy) is 2. The van der Waals surface area contributed by atoms with Gasteiger partial charge in [-0.05, 0) is 49.2 Å². The Morgan fingerprint density at radius 1 is 1.09 bits per heavy atom. The van der Waals surface area contributed by atoms with Crippen molar-refractivity contribution in [2.45, 2.75) is 18.8 Å². The maximum absolute atomic E-state index is 14.5. The number of aromatic hydroxyl groups is 1. The van der Waals surface area contributed by atoms with E-state index in [9.17, 15) is 23.8 Å². The first kappa shape index (κ1) is 22.9. The Bertz CT molecular complexity index is 1440. The van der Waals surface area contributed by atoms with Crippen LogP contribution in [0.4, 0.5) is 8.78 Å². The van der Waals surface area contributed by atoms with Gasteiger partial charge in [-0.3, -0.25) is 0 Å². The number of rotatable bonds is 5. The molecule has 1 fully saturated rings. The van der Waals surface area contributed by atoms with Crippen LogP contribution >= 0.6 is 0 Å². The van der Waals surface area contributed by atoms with Crippen molar-refractivity contribution in [1.82, 2.24) is 4.57 Å². The van der Waals surface area contributed by atoms with Gasteiger partial charge < -0.3 is 24.3 Å². The molecule has 0 bridgehead atoms. The van der Waals surface area contributed by atoms with E-state index in [4.69, 9.17) is 9.47 Å². The quantitative estimate of drug-likeness (QED) is 0.374. The molecule has 35 heavy (non-hydrogen) atoms. The minimum atomic E-state index is -1.25. The number of para-hydroxylation sites is 1. The van der Waals surface area contributed by atoms with Crippen molar-refractivity contribution < 1.29 is 33.3 Å². The van der Waals surface area contributed by atoms with E-state index in [1.807, 2.05) is 4.57 Å². The van der Waals surface area contributed by atoms with Crippen LogP contribution in [-0.2, 0) is 4.74 Å². The monoisotopic (exact) mass is 479 g/mol. The van der Waals surface area contributed by atoms with E-state index < -0.39 is 17.6 Å². The topological polar surface area (TPSA) is 80.9 Å². The zero-order valence-electron chi connectivity index (χ0n) is 18.9. The molecule has 0 saturated carbocycles. The van der Waals surface area contributed by atoms with Gasteiger partial charge in [-0.2, -0.15) is 0 Å². The van der Waals surface area contributed by atoms with Crippen LogP contribution in [0.25, 0.3) is 27.7 Å². The largest absolute Gasteiger partial charge is 0.506 e. The standard InChI is InChI=1S/C27H23F2NO5/c1-34-23-14-17(6-8-21(23)29)30-22-13-16(28)5-7-18(22)24(25(30)15-9-11-35-12-10-15)19-3-2-4-20(26(19)31)27(32)33/h2-8,13-15,31H,9-12H2,1H3,(H,32,33). The number of nitrogens with zero attached hydrogens (tertiary/aromatic N) is 1. The molecule has 0 amide bonds. The molecule has 8 heteroatoms. The third-order valence-electron chi connectivity index (χ3n) is 6.50. The molecule has 0 unspecified atom stereocenters. The SMILES string of the molecule is COc1cc(-n2c(C3CCOCC3)c(-c3cccc(C(=O)O)c3O)c3ccc(F)cc32)ccc1F. The summed E-state index contributed by atoms with van der Waals surface area (Å²) in [6.07, 6.45) is 1.34. The number of phenols is 1. The average Bonchev–Trinajstić information content (AvgIpc) is 3.19. The summed E-state index contributed by atoms with van der Waals surface area (Å²) < 4.78 is 41.4. The van der Waals surface area contributed by atoms with Crippen molar-refractivity contribution in [2.75, 3.05) is 20.3 Å². The Morgan fingerprint density at radius 2 is 1.86 bits per heavy atom. The molecule has 0 atom stereocenters. The van der Waals surface area contributed by atoms with Crippen LogP contribution in [0.2, 0.25) is 0 Å². The Morgan fingerprint density at radius 3 is 2.57 bits per heavy atom. The lowest BCUT2D eigenvalue weighted by molar-refractivity contribution is 0.0693.